The van der Waals surface area contributed by atoms with Crippen molar-refractivity contribution in [2.24, 2.45) is 0 Å². The van der Waals surface area contributed by atoms with Gasteiger partial charge in [0.25, 0.3) is 5.56 Å². The molecule has 0 bridgehead atoms. The van der Waals surface area contributed by atoms with E-state index in [2.05, 4.69) is 33.8 Å². The predicted molar refractivity (Wildman–Crippen MR) is 128 cm³/mol. The quantitative estimate of drug-likeness (QED) is 0.480. The zero-order valence-electron chi connectivity index (χ0n) is 18.9. The SMILES string of the molecule is O=c1c2cnc(Nc3ccc4c(c3)CNCC43CC3)nc2n(-c2ccn(C3CC3)n2)n1C1CC1. The Hall–Kier alpha value is -3.46. The first-order valence-corrected chi connectivity index (χ1v) is 12.4. The third-order valence-corrected chi connectivity index (χ3v) is 7.81. The summed E-state index contributed by atoms with van der Waals surface area (Å²) in [7, 11) is 0. The second kappa shape index (κ2) is 6.56. The van der Waals surface area contributed by atoms with E-state index >= 15 is 0 Å². The largest absolute Gasteiger partial charge is 0.324 e. The van der Waals surface area contributed by atoms with Gasteiger partial charge in [0, 0.05) is 42.7 Å². The van der Waals surface area contributed by atoms with Gasteiger partial charge in [-0.05, 0) is 61.8 Å². The number of aromatic nitrogens is 6. The standard InChI is InChI=1S/C25H26N8O/c34-23-19-13-27-24(28-16-1-6-20-15(11-16)12-26-14-25(20)8-9-25)29-22(19)33(32(23)18-4-5-18)21-7-10-31(30-21)17-2-3-17/h1,6-7,10-11,13,17-18,26H,2-5,8-9,12,14H2,(H,27,28,29). The molecule has 172 valence electrons. The molecule has 2 N–H and O–H groups in total. The first-order valence-electron chi connectivity index (χ1n) is 12.4. The van der Waals surface area contributed by atoms with E-state index < -0.39 is 0 Å². The van der Waals surface area contributed by atoms with Crippen molar-refractivity contribution < 1.29 is 0 Å². The minimum Gasteiger partial charge on any atom is -0.324 e. The highest BCUT2D eigenvalue weighted by molar-refractivity contribution is 5.77. The average molecular weight is 455 g/mol. The van der Waals surface area contributed by atoms with E-state index in [1.807, 2.05) is 26.3 Å². The van der Waals surface area contributed by atoms with Crippen LogP contribution in [0.3, 0.4) is 0 Å². The summed E-state index contributed by atoms with van der Waals surface area (Å²) in [6.07, 6.45) is 10.5. The minimum atomic E-state index is -0.0420. The molecule has 4 heterocycles. The summed E-state index contributed by atoms with van der Waals surface area (Å²) < 4.78 is 5.73. The van der Waals surface area contributed by atoms with Gasteiger partial charge in [-0.1, -0.05) is 6.07 Å². The molecular formula is C25H26N8O. The second-order valence-corrected chi connectivity index (χ2v) is 10.4. The van der Waals surface area contributed by atoms with Crippen molar-refractivity contribution in [3.8, 4) is 5.82 Å². The molecule has 8 rings (SSSR count). The number of nitrogens with zero attached hydrogens (tertiary/aromatic N) is 6. The molecular weight excluding hydrogens is 428 g/mol. The number of hydrogen-bond acceptors (Lipinski definition) is 6. The lowest BCUT2D eigenvalue weighted by molar-refractivity contribution is 0.531. The van der Waals surface area contributed by atoms with Crippen LogP contribution in [0, 0.1) is 0 Å². The maximum absolute atomic E-state index is 13.3. The van der Waals surface area contributed by atoms with Crippen molar-refractivity contribution >= 4 is 22.7 Å². The lowest BCUT2D eigenvalue weighted by Gasteiger charge is -2.26. The van der Waals surface area contributed by atoms with Crippen LogP contribution < -0.4 is 16.2 Å². The molecule has 3 aliphatic carbocycles. The van der Waals surface area contributed by atoms with Crippen molar-refractivity contribution in [3.63, 3.8) is 0 Å². The molecule has 9 heteroatoms. The van der Waals surface area contributed by atoms with Gasteiger partial charge in [0.1, 0.15) is 5.39 Å². The van der Waals surface area contributed by atoms with Crippen molar-refractivity contribution in [3.05, 3.63) is 58.1 Å². The van der Waals surface area contributed by atoms with Gasteiger partial charge in [-0.15, -0.1) is 0 Å². The Balaban J connectivity index is 1.21. The molecule has 0 saturated heterocycles. The number of fused-ring (bicyclic) bond motifs is 3. The Morgan fingerprint density at radius 3 is 2.74 bits per heavy atom. The summed E-state index contributed by atoms with van der Waals surface area (Å²) in [5.74, 6) is 1.23. The normalized spacial score (nSPS) is 20.6. The van der Waals surface area contributed by atoms with Gasteiger partial charge in [-0.3, -0.25) is 9.48 Å². The Bertz CT molecular complexity index is 1520. The molecule has 9 nitrogen and oxygen atoms in total. The van der Waals surface area contributed by atoms with Gasteiger partial charge in [0.05, 0.1) is 12.1 Å². The molecule has 1 aromatic carbocycles. The number of benzene rings is 1. The fourth-order valence-electron chi connectivity index (χ4n) is 5.51. The van der Waals surface area contributed by atoms with Crippen molar-refractivity contribution in [2.45, 2.75) is 62.6 Å². The number of rotatable bonds is 5. The van der Waals surface area contributed by atoms with Gasteiger partial charge in [-0.25, -0.2) is 14.3 Å². The highest BCUT2D eigenvalue weighted by Gasteiger charge is 2.46. The van der Waals surface area contributed by atoms with Crippen LogP contribution in [0.5, 0.6) is 0 Å². The Morgan fingerprint density at radius 1 is 1.09 bits per heavy atom. The van der Waals surface area contributed by atoms with Crippen molar-refractivity contribution in [1.82, 2.24) is 34.4 Å². The molecule has 1 spiro atoms. The van der Waals surface area contributed by atoms with Crippen LogP contribution >= 0.6 is 0 Å². The summed E-state index contributed by atoms with van der Waals surface area (Å²) in [6, 6.07) is 9.25. The van der Waals surface area contributed by atoms with Crippen LogP contribution in [0.2, 0.25) is 0 Å². The van der Waals surface area contributed by atoms with Gasteiger partial charge < -0.3 is 10.6 Å². The number of nitrogens with one attached hydrogen (secondary N) is 2. The third kappa shape index (κ3) is 2.82. The third-order valence-electron chi connectivity index (χ3n) is 7.81. The Kier molecular flexibility index (Phi) is 3.65. The van der Waals surface area contributed by atoms with Gasteiger partial charge in [0.2, 0.25) is 5.95 Å². The summed E-state index contributed by atoms with van der Waals surface area (Å²) >= 11 is 0. The van der Waals surface area contributed by atoms with Gasteiger partial charge >= 0.3 is 0 Å². The maximum atomic E-state index is 13.3. The van der Waals surface area contributed by atoms with Crippen LogP contribution in [-0.4, -0.2) is 35.7 Å². The Labute approximate surface area is 195 Å². The summed E-state index contributed by atoms with van der Waals surface area (Å²) in [5.41, 5.74) is 4.71. The minimum absolute atomic E-state index is 0.0420. The van der Waals surface area contributed by atoms with Crippen LogP contribution in [0.25, 0.3) is 16.9 Å². The summed E-state index contributed by atoms with van der Waals surface area (Å²) in [4.78, 5) is 22.6. The van der Waals surface area contributed by atoms with E-state index in [0.717, 1.165) is 50.3 Å². The maximum Gasteiger partial charge on any atom is 0.278 e. The van der Waals surface area contributed by atoms with E-state index in [-0.39, 0.29) is 11.6 Å². The molecule has 3 fully saturated rings. The highest BCUT2D eigenvalue weighted by Crippen LogP contribution is 2.50. The molecule has 1 aliphatic heterocycles. The van der Waals surface area contributed by atoms with Gasteiger partial charge in [-0.2, -0.15) is 10.1 Å². The lowest BCUT2D eigenvalue weighted by atomic mass is 9.88. The fraction of sp³-hybridized carbons (Fsp3) is 0.440. The average Bonchev–Trinajstić information content (AvgIpc) is 3.76. The topological polar surface area (TPSA) is 94.6 Å². The van der Waals surface area contributed by atoms with Gasteiger partial charge in [0.15, 0.2) is 11.5 Å². The molecule has 0 radical (unpaired) electrons. The first kappa shape index (κ1) is 18.9. The van der Waals surface area contributed by atoms with E-state index in [1.54, 1.807) is 6.20 Å². The molecule has 0 amide bonds. The number of hydrogen-bond donors (Lipinski definition) is 2. The van der Waals surface area contributed by atoms with Crippen LogP contribution in [0.15, 0.2) is 41.5 Å². The van der Waals surface area contributed by atoms with Crippen molar-refractivity contribution in [2.75, 3.05) is 11.9 Å². The van der Waals surface area contributed by atoms with Crippen LogP contribution in [-0.2, 0) is 12.0 Å². The summed E-state index contributed by atoms with van der Waals surface area (Å²) in [5, 5.41) is 12.3. The van der Waals surface area contributed by atoms with Crippen molar-refractivity contribution in [1.29, 1.82) is 0 Å². The predicted octanol–water partition coefficient (Wildman–Crippen LogP) is 3.33. The van der Waals surface area contributed by atoms with Crippen LogP contribution in [0.4, 0.5) is 11.6 Å². The summed E-state index contributed by atoms with van der Waals surface area (Å²) in [6.45, 7) is 1.97. The molecule has 4 aromatic rings. The van der Waals surface area contributed by atoms with E-state index in [0.29, 0.717) is 28.4 Å². The fourth-order valence-corrected chi connectivity index (χ4v) is 5.51. The Morgan fingerprint density at radius 2 is 1.94 bits per heavy atom. The monoisotopic (exact) mass is 454 g/mol. The zero-order chi connectivity index (χ0) is 22.4. The first-order chi connectivity index (χ1) is 16.7. The molecule has 3 saturated carbocycles. The molecule has 3 aromatic heterocycles. The zero-order valence-corrected chi connectivity index (χ0v) is 18.9. The number of anilines is 2. The molecule has 0 unspecified atom stereocenters. The lowest BCUT2D eigenvalue weighted by Crippen LogP contribution is -2.33. The second-order valence-electron chi connectivity index (χ2n) is 10.4. The van der Waals surface area contributed by atoms with E-state index in [1.165, 1.54) is 24.0 Å². The molecule has 0 atom stereocenters. The van der Waals surface area contributed by atoms with E-state index in [4.69, 9.17) is 10.1 Å². The highest BCUT2D eigenvalue weighted by atomic mass is 16.1. The smallest absolute Gasteiger partial charge is 0.278 e. The van der Waals surface area contributed by atoms with Crippen LogP contribution in [0.1, 0.15) is 61.7 Å². The van der Waals surface area contributed by atoms with E-state index in [9.17, 15) is 4.79 Å². The molecule has 34 heavy (non-hydrogen) atoms. The molecule has 4 aliphatic rings.